The van der Waals surface area contributed by atoms with Gasteiger partial charge in [0.2, 0.25) is 10.0 Å². The summed E-state index contributed by atoms with van der Waals surface area (Å²) in [6.07, 6.45) is 9.27. The highest BCUT2D eigenvalue weighted by Gasteiger charge is 2.43. The number of rotatable bonds is 3. The molecule has 0 radical (unpaired) electrons. The third-order valence-corrected chi connectivity index (χ3v) is 7.66. The summed E-state index contributed by atoms with van der Waals surface area (Å²) in [6.45, 7) is 1.41. The summed E-state index contributed by atoms with van der Waals surface area (Å²) in [7, 11) is -3.06. The first kappa shape index (κ1) is 17.5. The lowest BCUT2D eigenvalue weighted by molar-refractivity contribution is 0.260. The third-order valence-electron chi connectivity index (χ3n) is 5.68. The van der Waals surface area contributed by atoms with E-state index in [1.165, 1.54) is 25.7 Å². The summed E-state index contributed by atoms with van der Waals surface area (Å²) in [5, 5.41) is 0. The van der Waals surface area contributed by atoms with Crippen LogP contribution >= 0.6 is 12.4 Å². The summed E-state index contributed by atoms with van der Waals surface area (Å²) in [5.74, 6) is 1.69. The minimum atomic E-state index is -3.06. The van der Waals surface area contributed by atoms with Crippen LogP contribution in [0, 0.1) is 17.8 Å². The molecule has 4 nitrogen and oxygen atoms in total. The molecule has 0 amide bonds. The minimum absolute atomic E-state index is 0. The summed E-state index contributed by atoms with van der Waals surface area (Å²) >= 11 is 0. The van der Waals surface area contributed by atoms with Crippen molar-refractivity contribution in [2.75, 3.05) is 18.8 Å². The van der Waals surface area contributed by atoms with Gasteiger partial charge in [0.25, 0.3) is 0 Å². The number of sulfonamides is 1. The van der Waals surface area contributed by atoms with Gasteiger partial charge in [-0.1, -0.05) is 25.7 Å². The van der Waals surface area contributed by atoms with E-state index in [-0.39, 0.29) is 18.4 Å². The first-order valence-electron chi connectivity index (χ1n) is 8.29. The zero-order chi connectivity index (χ0) is 14.2. The lowest BCUT2D eigenvalue weighted by Gasteiger charge is -2.29. The molecule has 0 aromatic rings. The monoisotopic (exact) mass is 336 g/mol. The standard InChI is InChI=1S/C15H28N2O2S.ClH/c16-15-8-4-7-13-9-17(10-14(13)15)20(18,19)11-12-5-2-1-3-6-12;/h12-15H,1-11,16H2;1H. The Kier molecular flexibility index (Phi) is 5.97. The van der Waals surface area contributed by atoms with Crippen molar-refractivity contribution in [1.29, 1.82) is 0 Å². The highest BCUT2D eigenvalue weighted by atomic mass is 35.5. The molecule has 2 aliphatic carbocycles. The molecule has 0 bridgehead atoms. The maximum absolute atomic E-state index is 12.6. The van der Waals surface area contributed by atoms with Gasteiger partial charge in [0.15, 0.2) is 0 Å². The highest BCUT2D eigenvalue weighted by Crippen LogP contribution is 2.37. The largest absolute Gasteiger partial charge is 0.327 e. The molecule has 0 spiro atoms. The molecule has 3 atom stereocenters. The SMILES string of the molecule is Cl.NC1CCCC2CN(S(=O)(=O)CC3CCCCC3)CC12. The molecule has 1 heterocycles. The van der Waals surface area contributed by atoms with Crippen LogP contribution < -0.4 is 5.73 Å². The molecule has 2 saturated carbocycles. The molecular formula is C15H29ClN2O2S. The molecule has 21 heavy (non-hydrogen) atoms. The second-order valence-electron chi connectivity index (χ2n) is 7.12. The van der Waals surface area contributed by atoms with Crippen LogP contribution in [0.3, 0.4) is 0 Å². The second kappa shape index (κ2) is 7.16. The van der Waals surface area contributed by atoms with E-state index < -0.39 is 10.0 Å². The quantitative estimate of drug-likeness (QED) is 0.860. The van der Waals surface area contributed by atoms with E-state index >= 15 is 0 Å². The maximum atomic E-state index is 12.6. The van der Waals surface area contributed by atoms with Crippen LogP contribution in [0.4, 0.5) is 0 Å². The summed E-state index contributed by atoms with van der Waals surface area (Å²) < 4.78 is 27.0. The topological polar surface area (TPSA) is 63.4 Å². The number of fused-ring (bicyclic) bond motifs is 1. The van der Waals surface area contributed by atoms with Gasteiger partial charge < -0.3 is 5.73 Å². The average molecular weight is 337 g/mol. The Morgan fingerprint density at radius 2 is 1.67 bits per heavy atom. The van der Waals surface area contributed by atoms with Crippen LogP contribution in [0.5, 0.6) is 0 Å². The van der Waals surface area contributed by atoms with Crippen molar-refractivity contribution < 1.29 is 8.42 Å². The van der Waals surface area contributed by atoms with E-state index in [9.17, 15) is 8.42 Å². The van der Waals surface area contributed by atoms with Crippen LogP contribution in [0.25, 0.3) is 0 Å². The molecule has 0 aromatic heterocycles. The fourth-order valence-electron chi connectivity index (χ4n) is 4.46. The molecule has 124 valence electrons. The number of hydrogen-bond donors (Lipinski definition) is 1. The van der Waals surface area contributed by atoms with Gasteiger partial charge >= 0.3 is 0 Å². The summed E-state index contributed by atoms with van der Waals surface area (Å²) in [6, 6.07) is 0.212. The molecule has 3 unspecified atom stereocenters. The van der Waals surface area contributed by atoms with Crippen molar-refractivity contribution in [3.8, 4) is 0 Å². The highest BCUT2D eigenvalue weighted by molar-refractivity contribution is 7.89. The zero-order valence-electron chi connectivity index (χ0n) is 12.7. The molecular weight excluding hydrogens is 308 g/mol. The van der Waals surface area contributed by atoms with E-state index in [2.05, 4.69) is 0 Å². The first-order chi connectivity index (χ1) is 9.56. The molecule has 0 aromatic carbocycles. The van der Waals surface area contributed by atoms with E-state index in [0.29, 0.717) is 30.1 Å². The van der Waals surface area contributed by atoms with Crippen molar-refractivity contribution in [1.82, 2.24) is 4.31 Å². The van der Waals surface area contributed by atoms with Gasteiger partial charge in [-0.2, -0.15) is 0 Å². The van der Waals surface area contributed by atoms with Gasteiger partial charge in [-0.05, 0) is 43.4 Å². The molecule has 3 fully saturated rings. The fraction of sp³-hybridized carbons (Fsp3) is 1.00. The Hall–Kier alpha value is 0.160. The number of halogens is 1. The Balaban J connectivity index is 0.00000161. The molecule has 1 saturated heterocycles. The Bertz CT molecular complexity index is 437. The first-order valence-corrected chi connectivity index (χ1v) is 9.90. The third kappa shape index (κ3) is 3.92. The molecule has 1 aliphatic heterocycles. The van der Waals surface area contributed by atoms with Gasteiger partial charge in [0.05, 0.1) is 5.75 Å². The van der Waals surface area contributed by atoms with Crippen LogP contribution in [-0.4, -0.2) is 37.6 Å². The van der Waals surface area contributed by atoms with Crippen molar-refractivity contribution in [2.24, 2.45) is 23.5 Å². The molecule has 3 aliphatic rings. The molecule has 6 heteroatoms. The summed E-state index contributed by atoms with van der Waals surface area (Å²) in [5.41, 5.74) is 6.19. The van der Waals surface area contributed by atoms with Crippen LogP contribution in [-0.2, 0) is 10.0 Å². The Labute approximate surface area is 135 Å². The maximum Gasteiger partial charge on any atom is 0.214 e. The predicted molar refractivity (Wildman–Crippen MR) is 88.0 cm³/mol. The van der Waals surface area contributed by atoms with Crippen LogP contribution in [0.15, 0.2) is 0 Å². The normalized spacial score (nSPS) is 35.2. The van der Waals surface area contributed by atoms with E-state index in [1.54, 1.807) is 4.31 Å². The van der Waals surface area contributed by atoms with Crippen molar-refractivity contribution in [3.63, 3.8) is 0 Å². The van der Waals surface area contributed by atoms with Gasteiger partial charge in [0.1, 0.15) is 0 Å². The van der Waals surface area contributed by atoms with Gasteiger partial charge in [-0.3, -0.25) is 0 Å². The van der Waals surface area contributed by atoms with Crippen LogP contribution in [0.1, 0.15) is 51.4 Å². The predicted octanol–water partition coefficient (Wildman–Crippen LogP) is 2.38. The zero-order valence-corrected chi connectivity index (χ0v) is 14.4. The average Bonchev–Trinajstić information content (AvgIpc) is 2.86. The Morgan fingerprint density at radius 1 is 0.952 bits per heavy atom. The summed E-state index contributed by atoms with van der Waals surface area (Å²) in [4.78, 5) is 0. The lowest BCUT2D eigenvalue weighted by atomic mass is 9.78. The minimum Gasteiger partial charge on any atom is -0.327 e. The Morgan fingerprint density at radius 3 is 2.33 bits per heavy atom. The second-order valence-corrected chi connectivity index (χ2v) is 9.13. The van der Waals surface area contributed by atoms with E-state index in [1.807, 2.05) is 0 Å². The van der Waals surface area contributed by atoms with Crippen LogP contribution in [0.2, 0.25) is 0 Å². The van der Waals surface area contributed by atoms with Crippen molar-refractivity contribution in [2.45, 2.75) is 57.4 Å². The molecule has 3 rings (SSSR count). The van der Waals surface area contributed by atoms with E-state index in [4.69, 9.17) is 5.73 Å². The number of nitrogens with two attached hydrogens (primary N) is 1. The fourth-order valence-corrected chi connectivity index (χ4v) is 6.42. The molecule has 2 N–H and O–H groups in total. The number of hydrogen-bond acceptors (Lipinski definition) is 3. The van der Waals surface area contributed by atoms with Crippen molar-refractivity contribution >= 4 is 22.4 Å². The smallest absolute Gasteiger partial charge is 0.214 e. The lowest BCUT2D eigenvalue weighted by Crippen LogP contribution is -2.39. The van der Waals surface area contributed by atoms with Gasteiger partial charge in [-0.25, -0.2) is 12.7 Å². The van der Waals surface area contributed by atoms with Gasteiger partial charge in [-0.15, -0.1) is 12.4 Å². The van der Waals surface area contributed by atoms with Gasteiger partial charge in [0, 0.05) is 19.1 Å². The number of nitrogens with zero attached hydrogens (tertiary/aromatic N) is 1. The van der Waals surface area contributed by atoms with E-state index in [0.717, 1.165) is 32.2 Å². The van der Waals surface area contributed by atoms with Crippen molar-refractivity contribution in [3.05, 3.63) is 0 Å².